The molecule has 0 saturated carbocycles. The van der Waals surface area contributed by atoms with Crippen molar-refractivity contribution >= 4 is 5.84 Å². The number of benzene rings is 1. The smallest absolute Gasteiger partial charge is 0.149 e. The summed E-state index contributed by atoms with van der Waals surface area (Å²) < 4.78 is 4.89. The molecular formula is C8H9N2O2. The van der Waals surface area contributed by atoms with Crippen LogP contribution in [-0.4, -0.2) is 18.2 Å². The van der Waals surface area contributed by atoms with Crippen molar-refractivity contribution in [3.8, 4) is 5.75 Å². The molecule has 0 saturated heterocycles. The van der Waals surface area contributed by atoms with E-state index in [0.717, 1.165) is 0 Å². The van der Waals surface area contributed by atoms with Crippen molar-refractivity contribution in [2.24, 2.45) is 0 Å². The van der Waals surface area contributed by atoms with Crippen LogP contribution in [0.1, 0.15) is 5.56 Å². The Morgan fingerprint density at radius 2 is 2.50 bits per heavy atom. The number of hydrogen-bond acceptors (Lipinski definition) is 3. The van der Waals surface area contributed by atoms with Crippen molar-refractivity contribution in [3.05, 3.63) is 29.8 Å². The Morgan fingerprint density at radius 3 is 3.08 bits per heavy atom. The normalized spacial score (nSPS) is 9.17. The molecule has 0 unspecified atom stereocenters. The van der Waals surface area contributed by atoms with Gasteiger partial charge >= 0.3 is 0 Å². The fraction of sp³-hybridized carbons (Fsp3) is 0.125. The second-order valence-electron chi connectivity index (χ2n) is 2.13. The van der Waals surface area contributed by atoms with E-state index in [1.54, 1.807) is 23.7 Å². The molecule has 4 nitrogen and oxygen atoms in total. The highest BCUT2D eigenvalue weighted by Gasteiger charge is 2.00. The first kappa shape index (κ1) is 8.55. The van der Waals surface area contributed by atoms with E-state index in [1.165, 1.54) is 7.11 Å². The quantitative estimate of drug-likeness (QED) is 0.345. The molecule has 0 amide bonds. The van der Waals surface area contributed by atoms with Gasteiger partial charge in [-0.3, -0.25) is 16.1 Å². The second kappa shape index (κ2) is 3.73. The number of nitrogens with one attached hydrogen (secondary N) is 2. The van der Waals surface area contributed by atoms with Crippen LogP contribution >= 0.6 is 0 Å². The van der Waals surface area contributed by atoms with E-state index < -0.39 is 0 Å². The number of amidine groups is 1. The topological polar surface area (TPSA) is 65.3 Å². The van der Waals surface area contributed by atoms with Crippen molar-refractivity contribution in [1.29, 1.82) is 5.41 Å². The lowest BCUT2D eigenvalue weighted by molar-refractivity contribution is 0.234. The average molecular weight is 165 g/mol. The molecule has 12 heavy (non-hydrogen) atoms. The van der Waals surface area contributed by atoms with Crippen LogP contribution in [0.2, 0.25) is 0 Å². The summed E-state index contributed by atoms with van der Waals surface area (Å²) in [6.07, 6.45) is 0. The molecule has 0 fully saturated rings. The van der Waals surface area contributed by atoms with E-state index in [1.807, 2.05) is 0 Å². The monoisotopic (exact) mass is 165 g/mol. The van der Waals surface area contributed by atoms with Gasteiger partial charge in [0.2, 0.25) is 0 Å². The number of hydroxylamine groups is 1. The molecule has 0 heterocycles. The molecule has 0 aliphatic carbocycles. The molecule has 1 rings (SSSR count). The standard InChI is InChI=1S/C8H9N2O2/c1-12-7-4-2-3-6(5-7)8(9)10-11/h2-3,5,11H,1H3,(H2,9,10). The third-order valence-electron chi connectivity index (χ3n) is 1.40. The largest absolute Gasteiger partial charge is 0.496 e. The molecular weight excluding hydrogens is 156 g/mol. The minimum Gasteiger partial charge on any atom is -0.496 e. The molecule has 0 bridgehead atoms. The molecule has 3 N–H and O–H groups in total. The van der Waals surface area contributed by atoms with Crippen molar-refractivity contribution in [2.75, 3.05) is 7.11 Å². The van der Waals surface area contributed by atoms with E-state index in [0.29, 0.717) is 11.3 Å². The summed E-state index contributed by atoms with van der Waals surface area (Å²) in [5.41, 5.74) is 2.30. The summed E-state index contributed by atoms with van der Waals surface area (Å²) in [5.74, 6) is 0.467. The first-order valence-electron chi connectivity index (χ1n) is 3.32. The summed E-state index contributed by atoms with van der Waals surface area (Å²) in [5, 5.41) is 15.6. The van der Waals surface area contributed by atoms with E-state index in [9.17, 15) is 0 Å². The lowest BCUT2D eigenvalue weighted by atomic mass is 10.2. The summed E-state index contributed by atoms with van der Waals surface area (Å²) in [6, 6.07) is 7.68. The Hall–Kier alpha value is -1.55. The molecule has 63 valence electrons. The van der Waals surface area contributed by atoms with E-state index >= 15 is 0 Å². The van der Waals surface area contributed by atoms with E-state index in [4.69, 9.17) is 15.4 Å². The van der Waals surface area contributed by atoms with Gasteiger partial charge in [-0.05, 0) is 12.1 Å². The Labute approximate surface area is 70.3 Å². The number of hydrogen-bond donors (Lipinski definition) is 3. The van der Waals surface area contributed by atoms with Gasteiger partial charge < -0.3 is 4.74 Å². The second-order valence-corrected chi connectivity index (χ2v) is 2.13. The summed E-state index contributed by atoms with van der Waals surface area (Å²) in [4.78, 5) is 0. The van der Waals surface area contributed by atoms with Gasteiger partial charge in [0.15, 0.2) is 0 Å². The molecule has 4 heteroatoms. The Morgan fingerprint density at radius 1 is 1.75 bits per heavy atom. The lowest BCUT2D eigenvalue weighted by Gasteiger charge is -2.03. The predicted molar refractivity (Wildman–Crippen MR) is 43.6 cm³/mol. The van der Waals surface area contributed by atoms with Gasteiger partial charge in [-0.2, -0.15) is 0 Å². The van der Waals surface area contributed by atoms with Crippen molar-refractivity contribution in [3.63, 3.8) is 0 Å². The first-order valence-corrected chi connectivity index (χ1v) is 3.32. The van der Waals surface area contributed by atoms with Crippen LogP contribution in [0.3, 0.4) is 0 Å². The third-order valence-corrected chi connectivity index (χ3v) is 1.40. The maximum absolute atomic E-state index is 8.43. The zero-order valence-electron chi connectivity index (χ0n) is 6.59. The minimum atomic E-state index is -0.0673. The van der Waals surface area contributed by atoms with Crippen LogP contribution < -0.4 is 10.2 Å². The van der Waals surface area contributed by atoms with E-state index in [-0.39, 0.29) is 5.84 Å². The molecule has 0 aliphatic heterocycles. The molecule has 0 atom stereocenters. The lowest BCUT2D eigenvalue weighted by Crippen LogP contribution is -2.18. The Bertz CT molecular complexity index is 286. The van der Waals surface area contributed by atoms with E-state index in [2.05, 4.69) is 6.07 Å². The number of methoxy groups -OCH3 is 1. The average Bonchev–Trinajstić information content (AvgIpc) is 2.17. The van der Waals surface area contributed by atoms with Gasteiger partial charge in [0.1, 0.15) is 11.6 Å². The van der Waals surface area contributed by atoms with Crippen LogP contribution in [0.4, 0.5) is 0 Å². The maximum atomic E-state index is 8.43. The number of ether oxygens (including phenoxy) is 1. The van der Waals surface area contributed by atoms with Crippen LogP contribution in [-0.2, 0) is 0 Å². The third kappa shape index (κ3) is 1.73. The van der Waals surface area contributed by atoms with Gasteiger partial charge in [-0.15, -0.1) is 0 Å². The Balaban J connectivity index is 2.93. The van der Waals surface area contributed by atoms with Gasteiger partial charge in [-0.1, -0.05) is 6.07 Å². The highest BCUT2D eigenvalue weighted by atomic mass is 16.5. The van der Waals surface area contributed by atoms with Gasteiger partial charge in [0, 0.05) is 11.6 Å². The fourth-order valence-corrected chi connectivity index (χ4v) is 0.782. The van der Waals surface area contributed by atoms with Gasteiger partial charge in [0.05, 0.1) is 7.11 Å². The maximum Gasteiger partial charge on any atom is 0.149 e. The predicted octanol–water partition coefficient (Wildman–Crippen LogP) is 0.800. The molecule has 0 aromatic heterocycles. The van der Waals surface area contributed by atoms with Crippen LogP contribution in [0.5, 0.6) is 5.75 Å². The SMILES string of the molecule is COc1[c]ccc(C(=N)NO)c1. The molecule has 1 aromatic rings. The Kier molecular flexibility index (Phi) is 2.66. The zero-order chi connectivity index (χ0) is 8.97. The first-order chi connectivity index (χ1) is 5.77. The molecule has 1 aromatic carbocycles. The highest BCUT2D eigenvalue weighted by molar-refractivity contribution is 5.95. The minimum absolute atomic E-state index is 0.0673. The fourth-order valence-electron chi connectivity index (χ4n) is 0.782. The molecule has 1 radical (unpaired) electrons. The van der Waals surface area contributed by atoms with Crippen molar-refractivity contribution in [2.45, 2.75) is 0 Å². The van der Waals surface area contributed by atoms with Crippen LogP contribution in [0.15, 0.2) is 18.2 Å². The molecule has 0 spiro atoms. The van der Waals surface area contributed by atoms with Crippen molar-refractivity contribution in [1.82, 2.24) is 5.48 Å². The highest BCUT2D eigenvalue weighted by Crippen LogP contribution is 2.10. The number of rotatable bonds is 2. The zero-order valence-corrected chi connectivity index (χ0v) is 6.59. The molecule has 0 aliphatic rings. The van der Waals surface area contributed by atoms with Crippen molar-refractivity contribution < 1.29 is 9.94 Å². The van der Waals surface area contributed by atoms with Gasteiger partial charge in [-0.25, -0.2) is 0 Å². The summed E-state index contributed by atoms with van der Waals surface area (Å²) in [7, 11) is 1.52. The summed E-state index contributed by atoms with van der Waals surface area (Å²) >= 11 is 0. The summed E-state index contributed by atoms with van der Waals surface area (Å²) in [6.45, 7) is 0. The van der Waals surface area contributed by atoms with Gasteiger partial charge in [0.25, 0.3) is 0 Å². The van der Waals surface area contributed by atoms with Crippen LogP contribution in [0, 0.1) is 11.5 Å². The van der Waals surface area contributed by atoms with Crippen LogP contribution in [0.25, 0.3) is 0 Å².